The van der Waals surface area contributed by atoms with Gasteiger partial charge in [0.15, 0.2) is 5.75 Å². The monoisotopic (exact) mass is 209 g/mol. The molecule has 0 radical (unpaired) electrons. The second-order valence-corrected chi connectivity index (χ2v) is 3.29. The highest BCUT2D eigenvalue weighted by Crippen LogP contribution is 2.23. The van der Waals surface area contributed by atoms with Crippen LogP contribution < -0.4 is 15.8 Å². The molecule has 1 aromatic heterocycles. The molecule has 0 aliphatic rings. The molecule has 1 aromatic rings. The Morgan fingerprint density at radius 2 is 2.33 bits per heavy atom. The largest absolute Gasteiger partial charge is 0.493 e. The Kier molecular flexibility index (Phi) is 3.49. The van der Waals surface area contributed by atoms with E-state index in [2.05, 4.69) is 10.3 Å². The average Bonchev–Trinajstić information content (AvgIpc) is 2.18. The standard InChI is InChI=1S/C10H15N3O2/c1-6-4-8(9(15-3)5-12-6)13-7(2)10(11)14/h4-5,7H,1-3H3,(H2,11,14)(H,12,13). The predicted octanol–water partition coefficient (Wildman–Crippen LogP) is 0.684. The van der Waals surface area contributed by atoms with E-state index >= 15 is 0 Å². The van der Waals surface area contributed by atoms with Crippen molar-refractivity contribution >= 4 is 11.6 Å². The number of hydrogen-bond donors (Lipinski definition) is 2. The Morgan fingerprint density at radius 1 is 1.67 bits per heavy atom. The van der Waals surface area contributed by atoms with E-state index in [1.54, 1.807) is 26.3 Å². The summed E-state index contributed by atoms with van der Waals surface area (Å²) in [5.41, 5.74) is 6.72. The van der Waals surface area contributed by atoms with Gasteiger partial charge in [0.1, 0.15) is 6.04 Å². The zero-order valence-corrected chi connectivity index (χ0v) is 9.07. The first kappa shape index (κ1) is 11.3. The van der Waals surface area contributed by atoms with Gasteiger partial charge in [-0.1, -0.05) is 0 Å². The van der Waals surface area contributed by atoms with Crippen LogP contribution in [-0.4, -0.2) is 24.0 Å². The molecule has 1 heterocycles. The Bertz CT molecular complexity index is 366. The van der Waals surface area contributed by atoms with Gasteiger partial charge >= 0.3 is 0 Å². The fourth-order valence-electron chi connectivity index (χ4n) is 1.13. The quantitative estimate of drug-likeness (QED) is 0.764. The molecule has 1 atom stereocenters. The fourth-order valence-corrected chi connectivity index (χ4v) is 1.13. The number of ether oxygens (including phenoxy) is 1. The highest BCUT2D eigenvalue weighted by atomic mass is 16.5. The maximum atomic E-state index is 10.9. The van der Waals surface area contributed by atoms with E-state index in [1.165, 1.54) is 0 Å². The van der Waals surface area contributed by atoms with Crippen LogP contribution in [-0.2, 0) is 4.79 Å². The molecule has 0 saturated heterocycles. The van der Waals surface area contributed by atoms with E-state index in [-0.39, 0.29) is 0 Å². The smallest absolute Gasteiger partial charge is 0.239 e. The van der Waals surface area contributed by atoms with Crippen molar-refractivity contribution in [1.29, 1.82) is 0 Å². The Morgan fingerprint density at radius 3 is 2.87 bits per heavy atom. The van der Waals surface area contributed by atoms with Crippen molar-refractivity contribution in [2.24, 2.45) is 5.73 Å². The Balaban J connectivity index is 2.91. The summed E-state index contributed by atoms with van der Waals surface area (Å²) in [5.74, 6) is 0.181. The van der Waals surface area contributed by atoms with E-state index in [9.17, 15) is 4.79 Å². The number of nitrogens with one attached hydrogen (secondary N) is 1. The zero-order valence-electron chi connectivity index (χ0n) is 9.07. The van der Waals surface area contributed by atoms with Crippen LogP contribution >= 0.6 is 0 Å². The third-order valence-corrected chi connectivity index (χ3v) is 2.02. The van der Waals surface area contributed by atoms with Gasteiger partial charge < -0.3 is 15.8 Å². The van der Waals surface area contributed by atoms with Crippen molar-refractivity contribution in [3.8, 4) is 5.75 Å². The van der Waals surface area contributed by atoms with Crippen molar-refractivity contribution in [3.05, 3.63) is 18.0 Å². The molecule has 0 aliphatic carbocycles. The minimum Gasteiger partial charge on any atom is -0.493 e. The van der Waals surface area contributed by atoms with Crippen molar-refractivity contribution < 1.29 is 9.53 Å². The van der Waals surface area contributed by atoms with Crippen LogP contribution in [0.3, 0.4) is 0 Å². The Labute approximate surface area is 88.6 Å². The van der Waals surface area contributed by atoms with Crippen molar-refractivity contribution in [1.82, 2.24) is 4.98 Å². The van der Waals surface area contributed by atoms with Gasteiger partial charge in [0.2, 0.25) is 5.91 Å². The molecule has 3 N–H and O–H groups in total. The molecule has 1 rings (SSSR count). The zero-order chi connectivity index (χ0) is 11.4. The van der Waals surface area contributed by atoms with Crippen molar-refractivity contribution in [3.63, 3.8) is 0 Å². The molecule has 0 aliphatic heterocycles. The number of amides is 1. The number of nitrogens with two attached hydrogens (primary N) is 1. The third kappa shape index (κ3) is 2.83. The summed E-state index contributed by atoms with van der Waals surface area (Å²) in [6, 6.07) is 1.36. The molecule has 0 saturated carbocycles. The van der Waals surface area contributed by atoms with Gasteiger partial charge in [-0.15, -0.1) is 0 Å². The number of aryl methyl sites for hydroxylation is 1. The van der Waals surface area contributed by atoms with Gasteiger partial charge in [-0.05, 0) is 19.9 Å². The molecular formula is C10H15N3O2. The molecule has 1 unspecified atom stereocenters. The lowest BCUT2D eigenvalue weighted by Crippen LogP contribution is -2.32. The summed E-state index contributed by atoms with van der Waals surface area (Å²) in [6.07, 6.45) is 1.60. The molecule has 0 bridgehead atoms. The van der Waals surface area contributed by atoms with Crippen LogP contribution in [0.25, 0.3) is 0 Å². The minimum absolute atomic E-state index is 0.411. The second-order valence-electron chi connectivity index (χ2n) is 3.29. The summed E-state index contributed by atoms with van der Waals surface area (Å²) in [5, 5.41) is 2.96. The topological polar surface area (TPSA) is 77.2 Å². The van der Waals surface area contributed by atoms with E-state index in [4.69, 9.17) is 10.5 Å². The van der Waals surface area contributed by atoms with Crippen LogP contribution in [0.5, 0.6) is 5.75 Å². The van der Waals surface area contributed by atoms with Gasteiger partial charge in [-0.3, -0.25) is 9.78 Å². The van der Waals surface area contributed by atoms with Crippen molar-refractivity contribution in [2.45, 2.75) is 19.9 Å². The SMILES string of the molecule is COc1cnc(C)cc1NC(C)C(N)=O. The first-order chi connectivity index (χ1) is 7.04. The summed E-state index contributed by atoms with van der Waals surface area (Å²) < 4.78 is 5.10. The number of carbonyl (C=O) groups is 1. The van der Waals surface area contributed by atoms with Crippen LogP contribution in [0.4, 0.5) is 5.69 Å². The number of primary amides is 1. The fraction of sp³-hybridized carbons (Fsp3) is 0.400. The van der Waals surface area contributed by atoms with Crippen molar-refractivity contribution in [2.75, 3.05) is 12.4 Å². The average molecular weight is 209 g/mol. The highest BCUT2D eigenvalue weighted by Gasteiger charge is 2.11. The van der Waals surface area contributed by atoms with Crippen LogP contribution in [0.1, 0.15) is 12.6 Å². The maximum Gasteiger partial charge on any atom is 0.239 e. The molecule has 0 aromatic carbocycles. The number of hydrogen-bond acceptors (Lipinski definition) is 4. The number of methoxy groups -OCH3 is 1. The molecule has 5 heteroatoms. The third-order valence-electron chi connectivity index (χ3n) is 2.02. The number of aromatic nitrogens is 1. The van der Waals surface area contributed by atoms with Gasteiger partial charge in [-0.25, -0.2) is 0 Å². The van der Waals surface area contributed by atoms with E-state index in [0.717, 1.165) is 11.4 Å². The number of carbonyl (C=O) groups excluding carboxylic acids is 1. The number of rotatable bonds is 4. The Hall–Kier alpha value is -1.78. The number of pyridine rings is 1. The first-order valence-corrected chi connectivity index (χ1v) is 4.61. The summed E-state index contributed by atoms with van der Waals surface area (Å²) in [7, 11) is 1.55. The van der Waals surface area contributed by atoms with E-state index in [1.807, 2.05) is 6.92 Å². The van der Waals surface area contributed by atoms with Crippen LogP contribution in [0.2, 0.25) is 0 Å². The lowest BCUT2D eigenvalue weighted by molar-refractivity contribution is -0.118. The molecule has 0 fully saturated rings. The molecule has 82 valence electrons. The highest BCUT2D eigenvalue weighted by molar-refractivity contribution is 5.83. The van der Waals surface area contributed by atoms with Crippen LogP contribution in [0, 0.1) is 6.92 Å². The lowest BCUT2D eigenvalue weighted by atomic mass is 10.2. The first-order valence-electron chi connectivity index (χ1n) is 4.61. The predicted molar refractivity (Wildman–Crippen MR) is 57.8 cm³/mol. The van der Waals surface area contributed by atoms with Gasteiger partial charge in [0.25, 0.3) is 0 Å². The summed E-state index contributed by atoms with van der Waals surface area (Å²) in [6.45, 7) is 3.55. The van der Waals surface area contributed by atoms with E-state index < -0.39 is 11.9 Å². The maximum absolute atomic E-state index is 10.9. The normalized spacial score (nSPS) is 11.9. The van der Waals surface area contributed by atoms with Gasteiger partial charge in [0, 0.05) is 5.69 Å². The minimum atomic E-state index is -0.444. The molecule has 0 spiro atoms. The van der Waals surface area contributed by atoms with E-state index in [0.29, 0.717) is 5.75 Å². The van der Waals surface area contributed by atoms with Gasteiger partial charge in [-0.2, -0.15) is 0 Å². The number of nitrogens with zero attached hydrogens (tertiary/aromatic N) is 1. The van der Waals surface area contributed by atoms with Gasteiger partial charge in [0.05, 0.1) is 19.0 Å². The second kappa shape index (κ2) is 4.63. The summed E-state index contributed by atoms with van der Waals surface area (Å²) in [4.78, 5) is 15.0. The molecule has 1 amide bonds. The van der Waals surface area contributed by atoms with Crippen LogP contribution in [0.15, 0.2) is 12.3 Å². The molecular weight excluding hydrogens is 194 g/mol. The lowest BCUT2D eigenvalue weighted by Gasteiger charge is -2.14. The summed E-state index contributed by atoms with van der Waals surface area (Å²) >= 11 is 0. The molecule has 15 heavy (non-hydrogen) atoms. The molecule has 5 nitrogen and oxygen atoms in total. The number of anilines is 1.